The molecule has 7 nitrogen and oxygen atoms in total. The standard InChI is InChI=1S/C23H27N5O2/c1-24-15-7-9-19-17(11-15)14-4-3-5-21(27-22(10-14)28(19)2)25-16-6-8-18-20(12-16)30-13-23(29)26-18/h3-4,6,8,10,12,14-15,24H,5,7,9,11,13H2,1-2H3,(H,25,27)(H,26,29)/b4-3-. The molecule has 1 aromatic rings. The molecule has 156 valence electrons. The first-order valence-corrected chi connectivity index (χ1v) is 10.5. The molecular formula is C23H27N5O2. The summed E-state index contributed by atoms with van der Waals surface area (Å²) >= 11 is 0. The maximum absolute atomic E-state index is 11.5. The highest BCUT2D eigenvalue weighted by molar-refractivity contribution is 5.99. The molecule has 3 aliphatic heterocycles. The van der Waals surface area contributed by atoms with Crippen LogP contribution in [0.5, 0.6) is 5.75 Å². The summed E-state index contributed by atoms with van der Waals surface area (Å²) in [5.41, 5.74) is 4.52. The number of allylic oxidation sites excluding steroid dienone is 3. The SMILES string of the molecule is CNC1CCC2=C(C1)C1C=C(/N=C(/Nc3ccc4c(c3)OCC(=O)N4)C/C=C\1)N2C. The first-order chi connectivity index (χ1) is 14.6. The Morgan fingerprint density at radius 2 is 2.23 bits per heavy atom. The summed E-state index contributed by atoms with van der Waals surface area (Å²) in [6.07, 6.45) is 10.8. The van der Waals surface area contributed by atoms with E-state index >= 15 is 0 Å². The quantitative estimate of drug-likeness (QED) is 0.659. The summed E-state index contributed by atoms with van der Waals surface area (Å²) in [7, 11) is 4.18. The normalized spacial score (nSPS) is 27.9. The second-order valence-corrected chi connectivity index (χ2v) is 8.17. The highest BCUT2D eigenvalue weighted by Crippen LogP contribution is 2.39. The molecule has 0 spiro atoms. The summed E-state index contributed by atoms with van der Waals surface area (Å²) in [4.78, 5) is 18.7. The number of carbonyl (C=O) groups excluding carboxylic acids is 1. The number of amides is 1. The molecule has 0 saturated carbocycles. The van der Waals surface area contributed by atoms with Crippen molar-refractivity contribution >= 4 is 23.1 Å². The fraction of sp³-hybridized carbons (Fsp3) is 0.391. The number of amidine groups is 1. The molecule has 3 heterocycles. The average Bonchev–Trinajstić information content (AvgIpc) is 2.74. The summed E-state index contributed by atoms with van der Waals surface area (Å²) in [5.74, 6) is 2.75. The van der Waals surface area contributed by atoms with E-state index in [9.17, 15) is 4.79 Å². The minimum atomic E-state index is -0.128. The predicted molar refractivity (Wildman–Crippen MR) is 118 cm³/mol. The van der Waals surface area contributed by atoms with Crippen molar-refractivity contribution in [1.29, 1.82) is 0 Å². The van der Waals surface area contributed by atoms with Crippen molar-refractivity contribution in [3.05, 3.63) is 53.5 Å². The minimum Gasteiger partial charge on any atom is -0.482 e. The van der Waals surface area contributed by atoms with Crippen LogP contribution in [0.2, 0.25) is 0 Å². The van der Waals surface area contributed by atoms with Crippen molar-refractivity contribution in [2.24, 2.45) is 10.9 Å². The van der Waals surface area contributed by atoms with Gasteiger partial charge in [-0.2, -0.15) is 0 Å². The molecule has 0 saturated heterocycles. The van der Waals surface area contributed by atoms with Crippen LogP contribution in [0.1, 0.15) is 25.7 Å². The van der Waals surface area contributed by atoms with Crippen LogP contribution >= 0.6 is 0 Å². The number of fused-ring (bicyclic) bond motifs is 3. The van der Waals surface area contributed by atoms with E-state index in [4.69, 9.17) is 9.73 Å². The average molecular weight is 406 g/mol. The zero-order chi connectivity index (χ0) is 20.7. The maximum Gasteiger partial charge on any atom is 0.262 e. The second kappa shape index (κ2) is 7.65. The van der Waals surface area contributed by atoms with E-state index in [2.05, 4.69) is 53.2 Å². The van der Waals surface area contributed by atoms with Gasteiger partial charge in [-0.05, 0) is 50.1 Å². The molecule has 30 heavy (non-hydrogen) atoms. The third-order valence-corrected chi connectivity index (χ3v) is 6.26. The zero-order valence-electron chi connectivity index (χ0n) is 17.4. The topological polar surface area (TPSA) is 78.0 Å². The Labute approximate surface area is 176 Å². The first-order valence-electron chi connectivity index (χ1n) is 10.5. The van der Waals surface area contributed by atoms with Crippen LogP contribution in [0, 0.1) is 5.92 Å². The number of hydrogen-bond acceptors (Lipinski definition) is 6. The van der Waals surface area contributed by atoms with Crippen LogP contribution in [0.25, 0.3) is 0 Å². The molecule has 1 amide bonds. The molecule has 4 aliphatic rings. The molecule has 3 N–H and O–H groups in total. The van der Waals surface area contributed by atoms with Gasteiger partial charge < -0.3 is 25.6 Å². The molecule has 2 unspecified atom stereocenters. The Balaban J connectivity index is 1.39. The van der Waals surface area contributed by atoms with Crippen LogP contribution in [-0.4, -0.2) is 43.4 Å². The molecule has 1 aromatic carbocycles. The van der Waals surface area contributed by atoms with Crippen molar-refractivity contribution in [3.8, 4) is 5.75 Å². The molecule has 0 radical (unpaired) electrons. The highest BCUT2D eigenvalue weighted by Gasteiger charge is 2.31. The number of rotatable bonds is 2. The van der Waals surface area contributed by atoms with Gasteiger partial charge >= 0.3 is 0 Å². The molecular weight excluding hydrogens is 378 g/mol. The lowest BCUT2D eigenvalue weighted by Crippen LogP contribution is -2.36. The van der Waals surface area contributed by atoms with Gasteiger partial charge in [-0.3, -0.25) is 4.79 Å². The van der Waals surface area contributed by atoms with Gasteiger partial charge in [-0.15, -0.1) is 0 Å². The summed E-state index contributed by atoms with van der Waals surface area (Å²) in [6, 6.07) is 6.25. The lowest BCUT2D eigenvalue weighted by molar-refractivity contribution is -0.118. The lowest BCUT2D eigenvalue weighted by Gasteiger charge is -2.39. The number of ether oxygens (including phenoxy) is 1. The number of nitrogens with zero attached hydrogens (tertiary/aromatic N) is 2. The Morgan fingerprint density at radius 1 is 1.33 bits per heavy atom. The molecule has 1 aliphatic carbocycles. The minimum absolute atomic E-state index is 0.0467. The van der Waals surface area contributed by atoms with Gasteiger partial charge in [0.05, 0.1) is 5.69 Å². The molecule has 2 bridgehead atoms. The fourth-order valence-electron chi connectivity index (χ4n) is 4.62. The van der Waals surface area contributed by atoms with Crippen molar-refractivity contribution < 1.29 is 9.53 Å². The van der Waals surface area contributed by atoms with E-state index < -0.39 is 0 Å². The maximum atomic E-state index is 11.5. The molecule has 2 atom stereocenters. The third kappa shape index (κ3) is 3.50. The monoisotopic (exact) mass is 405 g/mol. The number of aliphatic imine (C=N–C) groups is 1. The number of carbonyl (C=O) groups is 1. The molecule has 0 aromatic heterocycles. The van der Waals surface area contributed by atoms with E-state index in [-0.39, 0.29) is 12.5 Å². The summed E-state index contributed by atoms with van der Waals surface area (Å²) in [5, 5.41) is 9.70. The van der Waals surface area contributed by atoms with Crippen molar-refractivity contribution in [2.75, 3.05) is 31.3 Å². The van der Waals surface area contributed by atoms with Crippen LogP contribution in [0.15, 0.2) is 58.5 Å². The smallest absolute Gasteiger partial charge is 0.262 e. The second-order valence-electron chi connectivity index (χ2n) is 8.17. The van der Waals surface area contributed by atoms with E-state index in [1.165, 1.54) is 11.3 Å². The van der Waals surface area contributed by atoms with Gasteiger partial charge in [-0.25, -0.2) is 4.99 Å². The molecule has 0 fully saturated rings. The third-order valence-electron chi connectivity index (χ3n) is 6.26. The Bertz CT molecular complexity index is 1010. The van der Waals surface area contributed by atoms with Crippen LogP contribution in [-0.2, 0) is 4.79 Å². The summed E-state index contributed by atoms with van der Waals surface area (Å²) < 4.78 is 5.53. The fourth-order valence-corrected chi connectivity index (χ4v) is 4.62. The van der Waals surface area contributed by atoms with E-state index in [1.54, 1.807) is 0 Å². The van der Waals surface area contributed by atoms with Gasteiger partial charge in [0.25, 0.3) is 5.91 Å². The number of nitrogens with one attached hydrogen (secondary N) is 3. The van der Waals surface area contributed by atoms with Crippen LogP contribution < -0.4 is 20.7 Å². The zero-order valence-corrected chi connectivity index (χ0v) is 17.4. The number of anilines is 2. The first kappa shape index (κ1) is 18.9. The van der Waals surface area contributed by atoms with E-state index in [1.807, 2.05) is 18.2 Å². The number of hydrogen-bond donors (Lipinski definition) is 3. The Hall–Kier alpha value is -3.06. The molecule has 5 rings (SSSR count). The van der Waals surface area contributed by atoms with Gasteiger partial charge in [-0.1, -0.05) is 12.2 Å². The predicted octanol–water partition coefficient (Wildman–Crippen LogP) is 3.22. The lowest BCUT2D eigenvalue weighted by atomic mass is 9.81. The van der Waals surface area contributed by atoms with Gasteiger partial charge in [0.1, 0.15) is 17.4 Å². The van der Waals surface area contributed by atoms with E-state index in [0.717, 1.165) is 43.0 Å². The van der Waals surface area contributed by atoms with Gasteiger partial charge in [0.2, 0.25) is 0 Å². The Kier molecular flexibility index (Phi) is 4.83. The largest absolute Gasteiger partial charge is 0.482 e. The highest BCUT2D eigenvalue weighted by atomic mass is 16.5. The van der Waals surface area contributed by atoms with Crippen LogP contribution in [0.4, 0.5) is 11.4 Å². The molecule has 7 heteroatoms. The van der Waals surface area contributed by atoms with Crippen molar-refractivity contribution in [1.82, 2.24) is 10.2 Å². The Morgan fingerprint density at radius 3 is 3.10 bits per heavy atom. The van der Waals surface area contributed by atoms with E-state index in [0.29, 0.717) is 23.4 Å². The van der Waals surface area contributed by atoms with Crippen LogP contribution in [0.3, 0.4) is 0 Å². The van der Waals surface area contributed by atoms with Gasteiger partial charge in [0, 0.05) is 42.9 Å². The summed E-state index contributed by atoms with van der Waals surface area (Å²) in [6.45, 7) is 0.0467. The van der Waals surface area contributed by atoms with Crippen molar-refractivity contribution in [3.63, 3.8) is 0 Å². The van der Waals surface area contributed by atoms with Crippen molar-refractivity contribution in [2.45, 2.75) is 31.7 Å². The number of benzene rings is 1. The van der Waals surface area contributed by atoms with Gasteiger partial charge in [0.15, 0.2) is 6.61 Å².